The molecular weight excluding hydrogens is 436 g/mol. The zero-order chi connectivity index (χ0) is 24.5. The van der Waals surface area contributed by atoms with Crippen LogP contribution in [0.15, 0.2) is 0 Å². The highest BCUT2D eigenvalue weighted by Gasteiger charge is 2.55. The molecule has 2 unspecified atom stereocenters. The van der Waals surface area contributed by atoms with Gasteiger partial charge < -0.3 is 17.7 Å². The Labute approximate surface area is 201 Å². The molecule has 5 nitrogen and oxygen atoms in total. The number of hydrogen-bond donors (Lipinski definition) is 0. The molecule has 0 bridgehead atoms. The fourth-order valence-corrected chi connectivity index (χ4v) is 12.4. The van der Waals surface area contributed by atoms with E-state index < -0.39 is 17.1 Å². The van der Waals surface area contributed by atoms with Gasteiger partial charge in [0.1, 0.15) is 5.78 Å². The van der Waals surface area contributed by atoms with Gasteiger partial charge in [0.15, 0.2) is 0 Å². The fraction of sp³-hybridized carbons (Fsp3) is 0.960. The Hall–Kier alpha value is -0.0562. The predicted molar refractivity (Wildman–Crippen MR) is 140 cm³/mol. The van der Waals surface area contributed by atoms with Crippen LogP contribution in [0.1, 0.15) is 107 Å². The highest BCUT2D eigenvalue weighted by molar-refractivity contribution is 6.77. The van der Waals surface area contributed by atoms with Crippen LogP contribution in [0, 0.1) is 0 Å². The van der Waals surface area contributed by atoms with Crippen LogP contribution in [0.3, 0.4) is 0 Å². The van der Waals surface area contributed by atoms with Gasteiger partial charge in [0, 0.05) is 26.4 Å². The van der Waals surface area contributed by atoms with Crippen molar-refractivity contribution in [1.29, 1.82) is 0 Å². The Morgan fingerprint density at radius 1 is 0.562 bits per heavy atom. The Morgan fingerprint density at radius 2 is 0.875 bits per heavy atom. The summed E-state index contributed by atoms with van der Waals surface area (Å²) in [6, 6.07) is 1.59. The van der Waals surface area contributed by atoms with Crippen molar-refractivity contribution in [1.82, 2.24) is 0 Å². The molecule has 192 valence electrons. The molecule has 0 aromatic rings. The zero-order valence-corrected chi connectivity index (χ0v) is 24.6. The van der Waals surface area contributed by atoms with Crippen molar-refractivity contribution in [2.24, 2.45) is 0 Å². The van der Waals surface area contributed by atoms with Crippen molar-refractivity contribution in [2.45, 2.75) is 130 Å². The lowest BCUT2D eigenvalue weighted by molar-refractivity contribution is -0.121. The normalized spacial score (nSPS) is 14.5. The number of unbranched alkanes of at least 4 members (excludes halogenated alkanes) is 4. The summed E-state index contributed by atoms with van der Waals surface area (Å²) in [5, 5.41) is 0. The van der Waals surface area contributed by atoms with Gasteiger partial charge in [-0.1, -0.05) is 66.2 Å². The summed E-state index contributed by atoms with van der Waals surface area (Å²) in [5.74, 6) is 0.308. The Morgan fingerprint density at radius 3 is 1.09 bits per heavy atom. The first-order valence-electron chi connectivity index (χ1n) is 13.5. The van der Waals surface area contributed by atoms with Crippen LogP contribution in [0.2, 0.25) is 23.2 Å². The Kier molecular flexibility index (Phi) is 18.3. The van der Waals surface area contributed by atoms with Crippen LogP contribution < -0.4 is 0 Å². The van der Waals surface area contributed by atoms with Crippen molar-refractivity contribution in [2.75, 3.05) is 26.4 Å². The van der Waals surface area contributed by atoms with Gasteiger partial charge in [-0.3, -0.25) is 4.79 Å². The van der Waals surface area contributed by atoms with E-state index >= 15 is 0 Å². The number of carbonyl (C=O) groups is 1. The standard InChI is InChI=1S/C25H54O5Si2/c1-9-17-19-21-23(31(15-7,27-11-3)28-12-4)25(26)24(22-20-18-10-2)32(16-8,29-13-5)30-14-6/h23-24H,9-22H2,1-8H3. The van der Waals surface area contributed by atoms with E-state index in [1.165, 1.54) is 0 Å². The molecule has 0 aliphatic rings. The second-order valence-electron chi connectivity index (χ2n) is 8.56. The van der Waals surface area contributed by atoms with Crippen LogP contribution >= 0.6 is 0 Å². The maximum Gasteiger partial charge on any atom is 0.348 e. The first kappa shape index (κ1) is 31.9. The molecule has 0 rings (SSSR count). The van der Waals surface area contributed by atoms with Gasteiger partial charge in [-0.05, 0) is 52.6 Å². The quantitative estimate of drug-likeness (QED) is 0.116. The molecule has 0 aromatic heterocycles. The minimum Gasteiger partial charge on any atom is -0.394 e. The lowest BCUT2D eigenvalue weighted by Crippen LogP contribution is -2.55. The van der Waals surface area contributed by atoms with Gasteiger partial charge >= 0.3 is 17.1 Å². The third-order valence-corrected chi connectivity index (χ3v) is 14.8. The maximum atomic E-state index is 14.5. The topological polar surface area (TPSA) is 54.0 Å². The second kappa shape index (κ2) is 18.3. The van der Waals surface area contributed by atoms with Crippen LogP contribution in [-0.2, 0) is 22.5 Å². The Balaban J connectivity index is 6.39. The zero-order valence-electron chi connectivity index (χ0n) is 22.6. The van der Waals surface area contributed by atoms with Crippen molar-refractivity contribution >= 4 is 22.9 Å². The molecule has 0 N–H and O–H groups in total. The molecule has 0 heterocycles. The van der Waals surface area contributed by atoms with Crippen LogP contribution in [0.25, 0.3) is 0 Å². The summed E-state index contributed by atoms with van der Waals surface area (Å²) >= 11 is 0. The molecule has 0 saturated heterocycles. The summed E-state index contributed by atoms with van der Waals surface area (Å²) in [5.41, 5.74) is -0.324. The molecular formula is C25H54O5Si2. The van der Waals surface area contributed by atoms with Gasteiger partial charge in [0.25, 0.3) is 0 Å². The van der Waals surface area contributed by atoms with E-state index in [2.05, 4.69) is 27.7 Å². The molecule has 7 heteroatoms. The molecule has 0 saturated carbocycles. The number of rotatable bonds is 22. The van der Waals surface area contributed by atoms with Crippen molar-refractivity contribution in [3.05, 3.63) is 0 Å². The summed E-state index contributed by atoms with van der Waals surface area (Å²) in [7, 11) is -5.40. The molecule has 2 atom stereocenters. The van der Waals surface area contributed by atoms with Gasteiger partial charge in [0.05, 0.1) is 11.1 Å². The molecule has 0 fully saturated rings. The molecule has 0 spiro atoms. The van der Waals surface area contributed by atoms with Gasteiger partial charge in [-0.2, -0.15) is 0 Å². The average Bonchev–Trinajstić information content (AvgIpc) is 2.79. The Bertz CT molecular complexity index is 423. The fourth-order valence-electron chi connectivity index (χ4n) is 4.96. The van der Waals surface area contributed by atoms with E-state index in [0.717, 1.165) is 63.5 Å². The third kappa shape index (κ3) is 9.30. The summed E-state index contributed by atoms with van der Waals surface area (Å²) in [6.07, 6.45) is 8.30. The number of carbonyl (C=O) groups excluding carboxylic acids is 1. The minimum atomic E-state index is -2.70. The maximum absolute atomic E-state index is 14.5. The number of Topliss-reactive ketones (excluding diaryl/α,β-unsaturated/α-hetero) is 1. The molecule has 0 amide bonds. The van der Waals surface area contributed by atoms with E-state index in [9.17, 15) is 4.79 Å². The van der Waals surface area contributed by atoms with E-state index in [1.807, 2.05) is 27.7 Å². The van der Waals surface area contributed by atoms with E-state index in [4.69, 9.17) is 17.7 Å². The highest BCUT2D eigenvalue weighted by Crippen LogP contribution is 2.43. The summed E-state index contributed by atoms with van der Waals surface area (Å²) in [6.45, 7) is 19.1. The lowest BCUT2D eigenvalue weighted by atomic mass is 10.0. The largest absolute Gasteiger partial charge is 0.394 e. The SMILES string of the molecule is CCCCCC(C(=O)C(CCCCC)[Si](CC)(OCC)OCC)[Si](CC)(OCC)OCC. The first-order chi connectivity index (χ1) is 15.4. The first-order valence-corrected chi connectivity index (χ1v) is 17.7. The monoisotopic (exact) mass is 490 g/mol. The van der Waals surface area contributed by atoms with E-state index in [1.54, 1.807) is 0 Å². The van der Waals surface area contributed by atoms with Crippen molar-refractivity contribution in [3.8, 4) is 0 Å². The average molecular weight is 491 g/mol. The second-order valence-corrected chi connectivity index (χ2v) is 15.8. The molecule has 0 aliphatic carbocycles. The smallest absolute Gasteiger partial charge is 0.348 e. The van der Waals surface area contributed by atoms with Crippen molar-refractivity contribution in [3.63, 3.8) is 0 Å². The van der Waals surface area contributed by atoms with E-state index in [-0.39, 0.29) is 11.1 Å². The van der Waals surface area contributed by atoms with Gasteiger partial charge in [-0.25, -0.2) is 0 Å². The predicted octanol–water partition coefficient (Wildman–Crippen LogP) is 7.53. The molecule has 32 heavy (non-hydrogen) atoms. The van der Waals surface area contributed by atoms with Gasteiger partial charge in [0.2, 0.25) is 0 Å². The van der Waals surface area contributed by atoms with Crippen LogP contribution in [0.4, 0.5) is 0 Å². The van der Waals surface area contributed by atoms with Gasteiger partial charge in [-0.15, -0.1) is 0 Å². The van der Waals surface area contributed by atoms with Crippen molar-refractivity contribution < 1.29 is 22.5 Å². The molecule has 0 aromatic carbocycles. The number of hydrogen-bond acceptors (Lipinski definition) is 5. The van der Waals surface area contributed by atoms with Crippen LogP contribution in [0.5, 0.6) is 0 Å². The molecule has 0 aliphatic heterocycles. The third-order valence-electron chi connectivity index (χ3n) is 6.48. The van der Waals surface area contributed by atoms with Crippen LogP contribution in [-0.4, -0.2) is 49.3 Å². The highest BCUT2D eigenvalue weighted by atomic mass is 28.4. The van der Waals surface area contributed by atoms with E-state index in [0.29, 0.717) is 32.2 Å². The minimum absolute atomic E-state index is 0.162. The number of ketones is 1. The lowest BCUT2D eigenvalue weighted by Gasteiger charge is -2.41. The molecule has 0 radical (unpaired) electrons. The summed E-state index contributed by atoms with van der Waals surface area (Å²) < 4.78 is 25.6. The summed E-state index contributed by atoms with van der Waals surface area (Å²) in [4.78, 5) is 14.5.